The smallest absolute Gasteiger partial charge is 0.309 e. The van der Waals surface area contributed by atoms with Crippen LogP contribution >= 0.6 is 0 Å². The number of cyclic esters (lactones) is 1. The molecule has 0 amide bonds. The van der Waals surface area contributed by atoms with Gasteiger partial charge in [-0.15, -0.1) is 0 Å². The number of hydrogen-bond donors (Lipinski definition) is 0. The van der Waals surface area contributed by atoms with Crippen molar-refractivity contribution in [3.8, 4) is 0 Å². The maximum atomic E-state index is 12.4. The van der Waals surface area contributed by atoms with Gasteiger partial charge in [0, 0.05) is 12.5 Å². The van der Waals surface area contributed by atoms with Gasteiger partial charge in [0.05, 0.1) is 18.6 Å². The zero-order valence-corrected chi connectivity index (χ0v) is 18.4. The highest BCUT2D eigenvalue weighted by Crippen LogP contribution is 2.40. The molecule has 5 heteroatoms. The summed E-state index contributed by atoms with van der Waals surface area (Å²) >= 11 is 0. The van der Waals surface area contributed by atoms with Crippen LogP contribution < -0.4 is 0 Å². The number of hydrogen-bond acceptors (Lipinski definition) is 5. The van der Waals surface area contributed by atoms with Crippen LogP contribution in [0.2, 0.25) is 0 Å². The average Bonchev–Trinajstić information content (AvgIpc) is 2.69. The van der Waals surface area contributed by atoms with Gasteiger partial charge in [-0.2, -0.15) is 0 Å². The van der Waals surface area contributed by atoms with Crippen molar-refractivity contribution in [3.05, 3.63) is 35.9 Å². The van der Waals surface area contributed by atoms with Crippen LogP contribution in [0.1, 0.15) is 59.4 Å². The molecule has 2 heterocycles. The maximum Gasteiger partial charge on any atom is 0.309 e. The molecule has 0 bridgehead atoms. The van der Waals surface area contributed by atoms with Crippen molar-refractivity contribution < 1.29 is 23.7 Å². The Morgan fingerprint density at radius 2 is 1.83 bits per heavy atom. The molecular formula is C24H36O5. The van der Waals surface area contributed by atoms with E-state index in [0.717, 1.165) is 19.3 Å². The second-order valence-corrected chi connectivity index (χ2v) is 9.04. The fourth-order valence-corrected chi connectivity index (χ4v) is 4.55. The lowest BCUT2D eigenvalue weighted by Crippen LogP contribution is -2.57. The minimum absolute atomic E-state index is 0.00526. The van der Waals surface area contributed by atoms with Crippen LogP contribution in [0.25, 0.3) is 0 Å². The van der Waals surface area contributed by atoms with Gasteiger partial charge in [0.15, 0.2) is 5.79 Å². The zero-order valence-electron chi connectivity index (χ0n) is 18.4. The Labute approximate surface area is 175 Å². The van der Waals surface area contributed by atoms with Gasteiger partial charge in [-0.3, -0.25) is 4.79 Å². The van der Waals surface area contributed by atoms with Crippen LogP contribution in [-0.4, -0.2) is 36.7 Å². The number of benzene rings is 1. The molecule has 3 rings (SSSR count). The van der Waals surface area contributed by atoms with Gasteiger partial charge >= 0.3 is 5.97 Å². The van der Waals surface area contributed by atoms with Crippen molar-refractivity contribution in [2.75, 3.05) is 6.61 Å². The molecule has 2 aliphatic heterocycles. The predicted molar refractivity (Wildman–Crippen MR) is 111 cm³/mol. The molecule has 6 atom stereocenters. The lowest BCUT2D eigenvalue weighted by atomic mass is 9.80. The normalized spacial score (nSPS) is 34.6. The maximum absolute atomic E-state index is 12.4. The molecule has 2 saturated heterocycles. The Hall–Kier alpha value is -1.43. The van der Waals surface area contributed by atoms with Crippen LogP contribution in [-0.2, 0) is 30.3 Å². The summed E-state index contributed by atoms with van der Waals surface area (Å²) in [6.07, 6.45) is 2.07. The molecule has 0 N–H and O–H groups in total. The van der Waals surface area contributed by atoms with Crippen molar-refractivity contribution >= 4 is 5.97 Å². The summed E-state index contributed by atoms with van der Waals surface area (Å²) < 4.78 is 24.3. The summed E-state index contributed by atoms with van der Waals surface area (Å²) in [6.45, 7) is 11.4. The molecule has 5 nitrogen and oxygen atoms in total. The van der Waals surface area contributed by atoms with Crippen molar-refractivity contribution in [1.29, 1.82) is 0 Å². The third kappa shape index (κ3) is 5.59. The Morgan fingerprint density at radius 1 is 1.10 bits per heavy atom. The molecule has 0 unspecified atom stereocenters. The summed E-state index contributed by atoms with van der Waals surface area (Å²) in [5, 5.41) is 0. The van der Waals surface area contributed by atoms with E-state index in [0.29, 0.717) is 13.2 Å². The average molecular weight is 405 g/mol. The summed E-state index contributed by atoms with van der Waals surface area (Å²) in [6, 6.07) is 10.2. The van der Waals surface area contributed by atoms with Crippen molar-refractivity contribution in [2.45, 2.75) is 84.6 Å². The quantitative estimate of drug-likeness (QED) is 0.486. The monoisotopic (exact) mass is 404 g/mol. The van der Waals surface area contributed by atoms with Crippen molar-refractivity contribution in [2.24, 2.45) is 17.8 Å². The number of carbonyl (C=O) groups is 1. The highest BCUT2D eigenvalue weighted by atomic mass is 16.7. The Kier molecular flexibility index (Phi) is 7.36. The van der Waals surface area contributed by atoms with Crippen molar-refractivity contribution in [1.82, 2.24) is 0 Å². The predicted octanol–water partition coefficient (Wildman–Crippen LogP) is 4.73. The summed E-state index contributed by atoms with van der Waals surface area (Å²) in [5.74, 6) is -0.407. The second-order valence-electron chi connectivity index (χ2n) is 9.04. The zero-order chi connectivity index (χ0) is 21.0. The first kappa shape index (κ1) is 22.3. The van der Waals surface area contributed by atoms with Crippen LogP contribution in [0.5, 0.6) is 0 Å². The minimum Gasteiger partial charge on any atom is -0.459 e. The Morgan fingerprint density at radius 3 is 2.52 bits per heavy atom. The van der Waals surface area contributed by atoms with Crippen LogP contribution in [0.4, 0.5) is 0 Å². The first-order valence-electron chi connectivity index (χ1n) is 11.0. The molecule has 0 radical (unpaired) electrons. The second kappa shape index (κ2) is 9.59. The van der Waals surface area contributed by atoms with Gasteiger partial charge in [-0.1, -0.05) is 51.1 Å². The van der Waals surface area contributed by atoms with Crippen LogP contribution in [0.15, 0.2) is 30.3 Å². The van der Waals surface area contributed by atoms with E-state index in [2.05, 4.69) is 26.0 Å². The summed E-state index contributed by atoms with van der Waals surface area (Å²) in [7, 11) is 0. The van der Waals surface area contributed by atoms with Gasteiger partial charge in [-0.05, 0) is 44.6 Å². The van der Waals surface area contributed by atoms with Gasteiger partial charge in [0.2, 0.25) is 0 Å². The van der Waals surface area contributed by atoms with E-state index in [1.54, 1.807) is 0 Å². The molecule has 29 heavy (non-hydrogen) atoms. The van der Waals surface area contributed by atoms with Crippen molar-refractivity contribution in [3.63, 3.8) is 0 Å². The third-order valence-corrected chi connectivity index (χ3v) is 6.24. The number of rotatable bonds is 7. The van der Waals surface area contributed by atoms with Gasteiger partial charge < -0.3 is 18.9 Å². The first-order valence-corrected chi connectivity index (χ1v) is 11.0. The van der Waals surface area contributed by atoms with Crippen LogP contribution in [0, 0.1) is 17.8 Å². The highest BCUT2D eigenvalue weighted by Gasteiger charge is 2.49. The third-order valence-electron chi connectivity index (χ3n) is 6.24. The van der Waals surface area contributed by atoms with E-state index in [-0.39, 0.29) is 42.0 Å². The molecule has 0 aromatic heterocycles. The molecule has 2 fully saturated rings. The Bertz CT molecular complexity index is 658. The van der Waals surface area contributed by atoms with Gasteiger partial charge in [-0.25, -0.2) is 0 Å². The van der Waals surface area contributed by atoms with E-state index < -0.39 is 5.79 Å². The van der Waals surface area contributed by atoms with Gasteiger partial charge in [0.1, 0.15) is 12.2 Å². The molecule has 0 saturated carbocycles. The Balaban J connectivity index is 1.60. The number of ether oxygens (including phenoxy) is 4. The molecule has 0 spiro atoms. The molecule has 2 aliphatic rings. The standard InChI is InChI=1S/C24H36O5/c1-6-19-14-16(2)21(27-23(19)25)22-17(3)20(28-24(4,5)29-22)12-13-26-15-18-10-8-7-9-11-18/h7-11,16-17,19-22H,6,12-15H2,1-5H3/t16-,17-,19-,20-,21-,22-/m0/s1. The highest BCUT2D eigenvalue weighted by molar-refractivity contribution is 5.73. The fourth-order valence-electron chi connectivity index (χ4n) is 4.55. The SMILES string of the molecule is CC[C@H]1C[C@H](C)[C@@H]([C@H]2OC(C)(C)O[C@@H](CCOCc3ccccc3)[C@@H]2C)OC1=O. The van der Waals surface area contributed by atoms with E-state index >= 15 is 0 Å². The molecule has 1 aromatic rings. The first-order chi connectivity index (χ1) is 13.8. The largest absolute Gasteiger partial charge is 0.459 e. The summed E-state index contributed by atoms with van der Waals surface area (Å²) in [4.78, 5) is 12.4. The van der Waals surface area contributed by atoms with Crippen LogP contribution in [0.3, 0.4) is 0 Å². The number of carbonyl (C=O) groups excluding carboxylic acids is 1. The molecule has 0 aliphatic carbocycles. The summed E-state index contributed by atoms with van der Waals surface area (Å²) in [5.41, 5.74) is 1.17. The van der Waals surface area contributed by atoms with E-state index in [1.807, 2.05) is 39.0 Å². The van der Waals surface area contributed by atoms with E-state index in [4.69, 9.17) is 18.9 Å². The number of esters is 1. The molecule has 162 valence electrons. The minimum atomic E-state index is -0.713. The van der Waals surface area contributed by atoms with E-state index in [9.17, 15) is 4.79 Å². The lowest BCUT2D eigenvalue weighted by molar-refractivity contribution is -0.339. The van der Waals surface area contributed by atoms with E-state index in [1.165, 1.54) is 5.56 Å². The van der Waals surface area contributed by atoms with Gasteiger partial charge in [0.25, 0.3) is 0 Å². The molecule has 1 aromatic carbocycles. The topological polar surface area (TPSA) is 54.0 Å². The fraction of sp³-hybridized carbons (Fsp3) is 0.708. The lowest BCUT2D eigenvalue weighted by Gasteiger charge is -2.49. The molecular weight excluding hydrogens is 368 g/mol.